The Hall–Kier alpha value is -0.240. The van der Waals surface area contributed by atoms with E-state index in [-0.39, 0.29) is 0 Å². The predicted molar refractivity (Wildman–Crippen MR) is 104 cm³/mol. The minimum absolute atomic E-state index is 0.690. The van der Waals surface area contributed by atoms with Gasteiger partial charge < -0.3 is 29.9 Å². The smallest absolute Gasteiger partial charge is 0.0701 e. The third kappa shape index (κ3) is 5.18. The summed E-state index contributed by atoms with van der Waals surface area (Å²) in [4.78, 5) is 5.19. The fraction of sp³-hybridized carbons (Fsp3) is 1.00. The summed E-state index contributed by atoms with van der Waals surface area (Å²) in [5.74, 6) is 1.79. The Kier molecular flexibility index (Phi) is 7.20. The third-order valence-electron chi connectivity index (χ3n) is 6.99. The molecule has 0 aliphatic carbocycles. The standard InChI is InChI=1S/C20H38N4O2/c1-7-23-8-2-17(1)19(15-23)21-5-11-25-13-14-26-12-6-22-20-16-24-9-3-18(20)4-10-24/h17-22H,1-16H2/t19-,20-/m1/s1. The van der Waals surface area contributed by atoms with Crippen LogP contribution in [0, 0.1) is 11.8 Å². The zero-order valence-corrected chi connectivity index (χ0v) is 16.3. The van der Waals surface area contributed by atoms with Gasteiger partial charge in [-0.1, -0.05) is 0 Å². The zero-order valence-electron chi connectivity index (χ0n) is 16.3. The van der Waals surface area contributed by atoms with Crippen LogP contribution in [0.5, 0.6) is 0 Å². The first-order chi connectivity index (χ1) is 12.9. The first-order valence-electron chi connectivity index (χ1n) is 11.0. The van der Waals surface area contributed by atoms with Gasteiger partial charge in [0.15, 0.2) is 0 Å². The van der Waals surface area contributed by atoms with Crippen LogP contribution < -0.4 is 10.6 Å². The lowest BCUT2D eigenvalue weighted by molar-refractivity contribution is 0.0354. The van der Waals surface area contributed by atoms with Crippen molar-refractivity contribution < 1.29 is 9.47 Å². The zero-order chi connectivity index (χ0) is 17.6. The number of ether oxygens (including phenoxy) is 2. The Morgan fingerprint density at radius 1 is 0.615 bits per heavy atom. The molecular formula is C20H38N4O2. The maximum absolute atomic E-state index is 5.71. The van der Waals surface area contributed by atoms with E-state index in [1.165, 1.54) is 65.0 Å². The van der Waals surface area contributed by atoms with Crippen molar-refractivity contribution in [2.75, 3.05) is 78.8 Å². The number of hydrogen-bond donors (Lipinski definition) is 2. The van der Waals surface area contributed by atoms with Gasteiger partial charge in [-0.2, -0.15) is 0 Å². The van der Waals surface area contributed by atoms with Gasteiger partial charge in [-0.3, -0.25) is 0 Å². The third-order valence-corrected chi connectivity index (χ3v) is 6.99. The minimum Gasteiger partial charge on any atom is -0.378 e. The number of hydrogen-bond acceptors (Lipinski definition) is 6. The molecular weight excluding hydrogens is 328 g/mol. The van der Waals surface area contributed by atoms with Gasteiger partial charge >= 0.3 is 0 Å². The molecule has 150 valence electrons. The average molecular weight is 367 g/mol. The highest BCUT2D eigenvalue weighted by Gasteiger charge is 2.34. The first-order valence-corrected chi connectivity index (χ1v) is 11.0. The number of nitrogens with zero attached hydrogens (tertiary/aromatic N) is 2. The molecule has 26 heavy (non-hydrogen) atoms. The summed E-state index contributed by atoms with van der Waals surface area (Å²) in [5.41, 5.74) is 0. The highest BCUT2D eigenvalue weighted by Crippen LogP contribution is 2.28. The van der Waals surface area contributed by atoms with Crippen molar-refractivity contribution in [1.29, 1.82) is 0 Å². The van der Waals surface area contributed by atoms with E-state index in [0.29, 0.717) is 25.3 Å². The van der Waals surface area contributed by atoms with Crippen LogP contribution in [0.25, 0.3) is 0 Å². The lowest BCUT2D eigenvalue weighted by Crippen LogP contribution is -2.56. The van der Waals surface area contributed by atoms with E-state index in [0.717, 1.165) is 38.1 Å². The Morgan fingerprint density at radius 2 is 1.04 bits per heavy atom. The van der Waals surface area contributed by atoms with Crippen LogP contribution in [0.2, 0.25) is 0 Å². The molecule has 0 aromatic rings. The molecule has 6 heterocycles. The summed E-state index contributed by atoms with van der Waals surface area (Å²) in [7, 11) is 0. The molecule has 0 aromatic heterocycles. The second kappa shape index (κ2) is 9.80. The van der Waals surface area contributed by atoms with Crippen LogP contribution in [-0.4, -0.2) is 101 Å². The normalized spacial score (nSPS) is 38.8. The van der Waals surface area contributed by atoms with E-state index in [4.69, 9.17) is 9.47 Å². The Bertz CT molecular complexity index is 371. The molecule has 2 atom stereocenters. The summed E-state index contributed by atoms with van der Waals surface area (Å²) < 4.78 is 11.4. The molecule has 0 radical (unpaired) electrons. The second-order valence-corrected chi connectivity index (χ2v) is 8.62. The van der Waals surface area contributed by atoms with Gasteiger partial charge in [-0.15, -0.1) is 0 Å². The van der Waals surface area contributed by atoms with Crippen molar-refractivity contribution >= 4 is 0 Å². The largest absolute Gasteiger partial charge is 0.378 e. The number of nitrogens with one attached hydrogen (secondary N) is 2. The fourth-order valence-electron chi connectivity index (χ4n) is 5.35. The molecule has 0 unspecified atom stereocenters. The molecule has 6 fully saturated rings. The number of rotatable bonds is 11. The van der Waals surface area contributed by atoms with Crippen LogP contribution in [-0.2, 0) is 9.47 Å². The van der Waals surface area contributed by atoms with Crippen LogP contribution in [0.4, 0.5) is 0 Å². The number of fused-ring (bicyclic) bond motifs is 6. The van der Waals surface area contributed by atoms with Crippen LogP contribution in [0.1, 0.15) is 25.7 Å². The van der Waals surface area contributed by atoms with Crippen LogP contribution in [0.3, 0.4) is 0 Å². The molecule has 6 aliphatic rings. The van der Waals surface area contributed by atoms with Gasteiger partial charge in [-0.25, -0.2) is 0 Å². The fourth-order valence-corrected chi connectivity index (χ4v) is 5.35. The molecule has 6 heteroatoms. The maximum atomic E-state index is 5.71. The Labute approximate surface area is 158 Å². The predicted octanol–water partition coefficient (Wildman–Crippen LogP) is 0.387. The molecule has 2 N–H and O–H groups in total. The number of piperidine rings is 6. The molecule has 0 spiro atoms. The highest BCUT2D eigenvalue weighted by molar-refractivity contribution is 4.91. The van der Waals surface area contributed by atoms with Crippen molar-refractivity contribution in [2.24, 2.45) is 11.8 Å². The minimum atomic E-state index is 0.690. The van der Waals surface area contributed by atoms with Gasteiger partial charge in [0.2, 0.25) is 0 Å². The summed E-state index contributed by atoms with van der Waals surface area (Å²) in [6.07, 6.45) is 5.50. The SMILES string of the molecule is C(COCCOCCN[C@@H]1CN2CCC1CC2)N[C@@H]1CN2CCC1CC2. The Balaban J connectivity index is 0.946. The van der Waals surface area contributed by atoms with E-state index in [9.17, 15) is 0 Å². The van der Waals surface area contributed by atoms with E-state index >= 15 is 0 Å². The highest BCUT2D eigenvalue weighted by atomic mass is 16.5. The monoisotopic (exact) mass is 366 g/mol. The lowest BCUT2D eigenvalue weighted by Gasteiger charge is -2.45. The van der Waals surface area contributed by atoms with Gasteiger partial charge in [0.25, 0.3) is 0 Å². The van der Waals surface area contributed by atoms with E-state index in [1.54, 1.807) is 0 Å². The van der Waals surface area contributed by atoms with Gasteiger partial charge in [-0.05, 0) is 63.7 Å². The quantitative estimate of drug-likeness (QED) is 0.516. The van der Waals surface area contributed by atoms with Crippen molar-refractivity contribution in [3.8, 4) is 0 Å². The molecule has 6 nitrogen and oxygen atoms in total. The molecule has 0 aromatic carbocycles. The van der Waals surface area contributed by atoms with Gasteiger partial charge in [0, 0.05) is 38.3 Å². The summed E-state index contributed by atoms with van der Waals surface area (Å²) in [6, 6.07) is 1.38. The second-order valence-electron chi connectivity index (χ2n) is 8.62. The molecule has 4 bridgehead atoms. The molecule has 6 aliphatic heterocycles. The summed E-state index contributed by atoms with van der Waals surface area (Å²) in [6.45, 7) is 12.7. The lowest BCUT2D eigenvalue weighted by atomic mass is 9.84. The van der Waals surface area contributed by atoms with E-state index in [2.05, 4.69) is 20.4 Å². The molecule has 0 saturated carbocycles. The average Bonchev–Trinajstić information content (AvgIpc) is 2.71. The summed E-state index contributed by atoms with van der Waals surface area (Å²) >= 11 is 0. The van der Waals surface area contributed by atoms with Crippen molar-refractivity contribution in [3.05, 3.63) is 0 Å². The molecule has 6 saturated heterocycles. The van der Waals surface area contributed by atoms with Gasteiger partial charge in [0.1, 0.15) is 0 Å². The van der Waals surface area contributed by atoms with Crippen molar-refractivity contribution in [1.82, 2.24) is 20.4 Å². The molecule has 6 rings (SSSR count). The first kappa shape index (κ1) is 19.1. The van der Waals surface area contributed by atoms with E-state index < -0.39 is 0 Å². The Morgan fingerprint density at radius 3 is 1.38 bits per heavy atom. The summed E-state index contributed by atoms with van der Waals surface area (Å²) in [5, 5.41) is 7.38. The van der Waals surface area contributed by atoms with E-state index in [1.807, 2.05) is 0 Å². The maximum Gasteiger partial charge on any atom is 0.0701 e. The van der Waals surface area contributed by atoms with Gasteiger partial charge in [0.05, 0.1) is 26.4 Å². The van der Waals surface area contributed by atoms with Crippen LogP contribution >= 0.6 is 0 Å². The topological polar surface area (TPSA) is 49.0 Å². The van der Waals surface area contributed by atoms with Crippen molar-refractivity contribution in [3.63, 3.8) is 0 Å². The van der Waals surface area contributed by atoms with Crippen molar-refractivity contribution in [2.45, 2.75) is 37.8 Å². The molecule has 0 amide bonds. The van der Waals surface area contributed by atoms with Crippen LogP contribution in [0.15, 0.2) is 0 Å².